The van der Waals surface area contributed by atoms with Crippen LogP contribution in [0.2, 0.25) is 0 Å². The maximum Gasteiger partial charge on any atom is 0.164 e. The first kappa shape index (κ1) is 15.1. The second kappa shape index (κ2) is 5.43. The molecule has 0 spiro atoms. The van der Waals surface area contributed by atoms with E-state index in [0.29, 0.717) is 18.3 Å². The number of thioether (sulfide) groups is 1. The largest absolute Gasteiger partial charge is 0.329 e. The summed E-state index contributed by atoms with van der Waals surface area (Å²) in [5.41, 5.74) is 6.07. The van der Waals surface area contributed by atoms with Crippen LogP contribution in [0.1, 0.15) is 19.3 Å². The molecule has 0 aromatic rings. The average molecular weight is 319 g/mol. The maximum absolute atomic E-state index is 12.2. The molecular formula is C13H25N3O2S2. The van der Waals surface area contributed by atoms with E-state index in [1.165, 1.54) is 12.7 Å². The molecule has 20 heavy (non-hydrogen) atoms. The van der Waals surface area contributed by atoms with Gasteiger partial charge in [-0.25, -0.2) is 8.42 Å². The molecule has 3 aliphatic heterocycles. The zero-order valence-electron chi connectivity index (χ0n) is 12.1. The van der Waals surface area contributed by atoms with E-state index in [1.54, 1.807) is 11.8 Å². The zero-order valence-corrected chi connectivity index (χ0v) is 13.8. The van der Waals surface area contributed by atoms with E-state index >= 15 is 0 Å². The second-order valence-electron chi connectivity index (χ2n) is 6.30. The van der Waals surface area contributed by atoms with Crippen LogP contribution in [0.5, 0.6) is 0 Å². The van der Waals surface area contributed by atoms with E-state index in [0.717, 1.165) is 38.2 Å². The number of hydrogen-bond acceptors (Lipinski definition) is 6. The summed E-state index contributed by atoms with van der Waals surface area (Å²) in [5.74, 6) is 1.70. The Hall–Kier alpha value is 0.180. The molecule has 0 aromatic heterocycles. The Morgan fingerprint density at radius 3 is 2.85 bits per heavy atom. The molecule has 7 heteroatoms. The van der Waals surface area contributed by atoms with E-state index in [1.807, 2.05) is 0 Å². The Bertz CT molecular complexity index is 470. The van der Waals surface area contributed by atoms with E-state index in [2.05, 4.69) is 9.80 Å². The highest BCUT2D eigenvalue weighted by atomic mass is 32.2. The van der Waals surface area contributed by atoms with Crippen molar-refractivity contribution in [2.45, 2.75) is 36.2 Å². The number of nitrogens with two attached hydrogens (primary N) is 1. The van der Waals surface area contributed by atoms with Gasteiger partial charge in [0.2, 0.25) is 0 Å². The lowest BCUT2D eigenvalue weighted by molar-refractivity contribution is 0.0614. The molecule has 5 nitrogen and oxygen atoms in total. The van der Waals surface area contributed by atoms with Crippen LogP contribution in [-0.2, 0) is 9.84 Å². The normalized spacial score (nSPS) is 40.1. The third-order valence-electron chi connectivity index (χ3n) is 5.32. The molecule has 0 aromatic carbocycles. The summed E-state index contributed by atoms with van der Waals surface area (Å²) in [4.78, 5) is 4.78. The fourth-order valence-corrected chi connectivity index (χ4v) is 7.27. The van der Waals surface area contributed by atoms with Crippen LogP contribution in [0.3, 0.4) is 0 Å². The van der Waals surface area contributed by atoms with Gasteiger partial charge >= 0.3 is 0 Å². The fraction of sp³-hybridized carbons (Fsp3) is 1.00. The lowest BCUT2D eigenvalue weighted by atomic mass is 9.86. The molecule has 3 rings (SSSR count). The molecule has 3 heterocycles. The van der Waals surface area contributed by atoms with Gasteiger partial charge in [-0.2, -0.15) is 11.8 Å². The summed E-state index contributed by atoms with van der Waals surface area (Å²) in [7, 11) is -3.06. The van der Waals surface area contributed by atoms with Crippen molar-refractivity contribution in [1.29, 1.82) is 0 Å². The Morgan fingerprint density at radius 1 is 1.35 bits per heavy atom. The number of fused-ring (bicyclic) bond motifs is 1. The van der Waals surface area contributed by atoms with Crippen LogP contribution in [0, 0.1) is 0 Å². The third kappa shape index (κ3) is 2.31. The van der Waals surface area contributed by atoms with Crippen molar-refractivity contribution in [3.63, 3.8) is 0 Å². The summed E-state index contributed by atoms with van der Waals surface area (Å²) in [6.07, 6.45) is 4.78. The van der Waals surface area contributed by atoms with Crippen molar-refractivity contribution in [3.8, 4) is 0 Å². The summed E-state index contributed by atoms with van der Waals surface area (Å²) in [6, 6.07) is 0.458. The molecule has 0 bridgehead atoms. The molecular weight excluding hydrogens is 294 g/mol. The van der Waals surface area contributed by atoms with Gasteiger partial charge in [-0.15, -0.1) is 0 Å². The van der Waals surface area contributed by atoms with Crippen LogP contribution in [0.4, 0.5) is 0 Å². The zero-order chi connectivity index (χ0) is 14.4. The van der Waals surface area contributed by atoms with Gasteiger partial charge < -0.3 is 5.73 Å². The quantitative estimate of drug-likeness (QED) is 0.788. The van der Waals surface area contributed by atoms with Crippen molar-refractivity contribution in [2.24, 2.45) is 5.73 Å². The van der Waals surface area contributed by atoms with Crippen molar-refractivity contribution in [3.05, 3.63) is 0 Å². The molecule has 3 fully saturated rings. The molecule has 0 radical (unpaired) electrons. The Balaban J connectivity index is 1.94. The lowest BCUT2D eigenvalue weighted by Crippen LogP contribution is -2.66. The summed E-state index contributed by atoms with van der Waals surface area (Å²) in [5, 5.41) is -0.356. The van der Waals surface area contributed by atoms with Gasteiger partial charge in [0.25, 0.3) is 0 Å². The molecule has 0 saturated carbocycles. The van der Waals surface area contributed by atoms with Crippen molar-refractivity contribution in [1.82, 2.24) is 9.80 Å². The first-order chi connectivity index (χ1) is 9.49. The molecule has 3 atom stereocenters. The number of sulfone groups is 1. The lowest BCUT2D eigenvalue weighted by Gasteiger charge is -2.49. The Kier molecular flexibility index (Phi) is 4.09. The molecule has 2 N–H and O–H groups in total. The molecule has 0 amide bonds. The minimum atomic E-state index is -3.06. The van der Waals surface area contributed by atoms with Crippen molar-refractivity contribution in [2.75, 3.05) is 43.9 Å². The van der Waals surface area contributed by atoms with Crippen LogP contribution in [0.15, 0.2) is 0 Å². The molecule has 3 saturated heterocycles. The summed E-state index contributed by atoms with van der Waals surface area (Å²) in [6.45, 7) is 3.65. The molecule has 3 unspecified atom stereocenters. The summed E-state index contributed by atoms with van der Waals surface area (Å²) < 4.78 is 24.4. The molecule has 0 aliphatic carbocycles. The van der Waals surface area contributed by atoms with Gasteiger partial charge in [0.05, 0.1) is 5.54 Å². The van der Waals surface area contributed by atoms with Crippen molar-refractivity contribution < 1.29 is 8.42 Å². The highest BCUT2D eigenvalue weighted by Crippen LogP contribution is 2.42. The Morgan fingerprint density at radius 2 is 2.15 bits per heavy atom. The number of hydrogen-bond donors (Lipinski definition) is 1. The van der Waals surface area contributed by atoms with Gasteiger partial charge in [0, 0.05) is 43.4 Å². The van der Waals surface area contributed by atoms with Crippen LogP contribution in [-0.4, -0.2) is 79.1 Å². The fourth-order valence-electron chi connectivity index (χ4n) is 4.34. The summed E-state index contributed by atoms with van der Waals surface area (Å²) >= 11 is 1.75. The minimum Gasteiger partial charge on any atom is -0.329 e. The highest BCUT2D eigenvalue weighted by molar-refractivity contribution is 8.00. The van der Waals surface area contributed by atoms with Gasteiger partial charge in [0.15, 0.2) is 9.84 Å². The number of rotatable bonds is 3. The second-order valence-corrected chi connectivity index (χ2v) is 9.66. The first-order valence-electron chi connectivity index (χ1n) is 7.46. The van der Waals surface area contributed by atoms with Gasteiger partial charge in [-0.3, -0.25) is 9.80 Å². The van der Waals surface area contributed by atoms with E-state index < -0.39 is 9.84 Å². The third-order valence-corrected chi connectivity index (χ3v) is 7.96. The van der Waals surface area contributed by atoms with Crippen LogP contribution in [0.25, 0.3) is 0 Å². The first-order valence-corrected chi connectivity index (χ1v) is 10.6. The van der Waals surface area contributed by atoms with Crippen LogP contribution >= 0.6 is 11.8 Å². The van der Waals surface area contributed by atoms with E-state index in [-0.39, 0.29) is 10.9 Å². The van der Waals surface area contributed by atoms with E-state index in [4.69, 9.17) is 5.73 Å². The van der Waals surface area contributed by atoms with Crippen molar-refractivity contribution >= 4 is 21.6 Å². The van der Waals surface area contributed by atoms with Gasteiger partial charge in [0.1, 0.15) is 5.37 Å². The van der Waals surface area contributed by atoms with Gasteiger partial charge in [-0.1, -0.05) is 0 Å². The Labute approximate surface area is 126 Å². The monoisotopic (exact) mass is 319 g/mol. The average Bonchev–Trinajstić information content (AvgIpc) is 3.00. The minimum absolute atomic E-state index is 0.120. The standard InChI is InChI=1S/C13H25N3O2S2/c1-20(17,18)12-9-19-8-7-16(12)13(10-14)4-6-15-5-2-3-11(13)15/h11-12H,2-10,14H2,1H3. The smallest absolute Gasteiger partial charge is 0.164 e. The predicted molar refractivity (Wildman–Crippen MR) is 83.7 cm³/mol. The number of nitrogens with zero attached hydrogens (tertiary/aromatic N) is 2. The van der Waals surface area contributed by atoms with E-state index in [9.17, 15) is 8.42 Å². The van der Waals surface area contributed by atoms with Gasteiger partial charge in [-0.05, 0) is 25.8 Å². The SMILES string of the molecule is CS(=O)(=O)C1CSCCN1C1(CN)CCN2CCCC21. The molecule has 116 valence electrons. The maximum atomic E-state index is 12.2. The highest BCUT2D eigenvalue weighted by Gasteiger charge is 2.54. The topological polar surface area (TPSA) is 66.6 Å². The predicted octanol–water partition coefficient (Wildman–Crippen LogP) is -0.0285. The molecule has 3 aliphatic rings. The van der Waals surface area contributed by atoms with Crippen LogP contribution < -0.4 is 5.73 Å².